The number of benzene rings is 1. The Bertz CT molecular complexity index is 385. The fourth-order valence-electron chi connectivity index (χ4n) is 2.72. The van der Waals surface area contributed by atoms with Gasteiger partial charge < -0.3 is 4.74 Å². The Kier molecular flexibility index (Phi) is 3.06. The van der Waals surface area contributed by atoms with Gasteiger partial charge in [-0.1, -0.05) is 6.92 Å². The lowest BCUT2D eigenvalue weighted by molar-refractivity contribution is 0.401. The Morgan fingerprint density at radius 1 is 1.47 bits per heavy atom. The summed E-state index contributed by atoms with van der Waals surface area (Å²) < 4.78 is 6.59. The molecule has 0 N–H and O–H groups in total. The van der Waals surface area contributed by atoms with Gasteiger partial charge in [-0.15, -0.1) is 0 Å². The highest BCUT2D eigenvalue weighted by molar-refractivity contribution is 9.10. The normalized spacial score (nSPS) is 19.9. The van der Waals surface area contributed by atoms with Gasteiger partial charge in [0.1, 0.15) is 5.75 Å². The van der Waals surface area contributed by atoms with Crippen LogP contribution in [0.15, 0.2) is 10.5 Å². The molecule has 2 heteroatoms. The van der Waals surface area contributed by atoms with E-state index in [0.717, 1.165) is 16.6 Å². The number of fused-ring (bicyclic) bond motifs is 1. The maximum absolute atomic E-state index is 5.50. The zero-order valence-corrected chi connectivity index (χ0v) is 11.1. The Balaban J connectivity index is 2.65. The average Bonchev–Trinajstić information content (AvgIpc) is 2.17. The molecule has 2 rings (SSSR count). The van der Waals surface area contributed by atoms with Gasteiger partial charge in [0.05, 0.1) is 11.6 Å². The summed E-state index contributed by atoms with van der Waals surface area (Å²) in [5.41, 5.74) is 4.33. The molecule has 0 radical (unpaired) electrons. The van der Waals surface area contributed by atoms with Gasteiger partial charge in [-0.25, -0.2) is 0 Å². The quantitative estimate of drug-likeness (QED) is 0.742. The van der Waals surface area contributed by atoms with E-state index in [2.05, 4.69) is 35.8 Å². The third-order valence-corrected chi connectivity index (χ3v) is 3.93. The van der Waals surface area contributed by atoms with Crippen LogP contribution in [0, 0.1) is 6.92 Å². The first-order valence-corrected chi connectivity index (χ1v) is 6.30. The molecule has 1 aromatic carbocycles. The molecule has 1 unspecified atom stereocenters. The zero-order chi connectivity index (χ0) is 11.0. The van der Waals surface area contributed by atoms with Crippen molar-refractivity contribution in [3.05, 3.63) is 27.2 Å². The maximum Gasteiger partial charge on any atom is 0.136 e. The molecule has 0 fully saturated rings. The Morgan fingerprint density at radius 3 is 2.87 bits per heavy atom. The molecule has 82 valence electrons. The SMILES string of the molecule is COc1c(Br)cc(C)c2c1CCCC2C. The summed E-state index contributed by atoms with van der Waals surface area (Å²) >= 11 is 3.58. The monoisotopic (exact) mass is 268 g/mol. The van der Waals surface area contributed by atoms with Crippen LogP contribution < -0.4 is 4.74 Å². The van der Waals surface area contributed by atoms with Crippen LogP contribution in [0.25, 0.3) is 0 Å². The van der Waals surface area contributed by atoms with Crippen molar-refractivity contribution < 1.29 is 4.74 Å². The van der Waals surface area contributed by atoms with Crippen LogP contribution in [0.2, 0.25) is 0 Å². The van der Waals surface area contributed by atoms with Crippen LogP contribution in [0.1, 0.15) is 42.4 Å². The van der Waals surface area contributed by atoms with Gasteiger partial charge in [-0.05, 0) is 70.8 Å². The van der Waals surface area contributed by atoms with E-state index in [1.54, 1.807) is 7.11 Å². The summed E-state index contributed by atoms with van der Waals surface area (Å²) in [6.45, 7) is 4.52. The highest BCUT2D eigenvalue weighted by Gasteiger charge is 2.23. The highest BCUT2D eigenvalue weighted by Crippen LogP contribution is 2.42. The highest BCUT2D eigenvalue weighted by atomic mass is 79.9. The number of halogens is 1. The molecular weight excluding hydrogens is 252 g/mol. The van der Waals surface area contributed by atoms with Gasteiger partial charge in [-0.2, -0.15) is 0 Å². The molecule has 0 spiro atoms. The first-order valence-electron chi connectivity index (χ1n) is 5.51. The summed E-state index contributed by atoms with van der Waals surface area (Å²) in [6.07, 6.45) is 3.74. The first-order chi connectivity index (χ1) is 7.15. The van der Waals surface area contributed by atoms with Crippen LogP contribution in [-0.2, 0) is 6.42 Å². The topological polar surface area (TPSA) is 9.23 Å². The van der Waals surface area contributed by atoms with Gasteiger partial charge in [0.15, 0.2) is 0 Å². The van der Waals surface area contributed by atoms with Gasteiger partial charge >= 0.3 is 0 Å². The van der Waals surface area contributed by atoms with Gasteiger partial charge in [0, 0.05) is 0 Å². The van der Waals surface area contributed by atoms with Crippen molar-refractivity contribution in [1.82, 2.24) is 0 Å². The Hall–Kier alpha value is -0.500. The van der Waals surface area contributed by atoms with E-state index in [1.165, 1.54) is 29.5 Å². The molecule has 0 bridgehead atoms. The second kappa shape index (κ2) is 4.17. The minimum atomic E-state index is 0.677. The molecule has 15 heavy (non-hydrogen) atoms. The molecule has 0 aromatic heterocycles. The second-order valence-corrected chi connectivity index (χ2v) is 5.25. The lowest BCUT2D eigenvalue weighted by atomic mass is 9.81. The van der Waals surface area contributed by atoms with Gasteiger partial charge in [-0.3, -0.25) is 0 Å². The van der Waals surface area contributed by atoms with Crippen LogP contribution >= 0.6 is 15.9 Å². The molecular formula is C13H17BrO. The van der Waals surface area contributed by atoms with E-state index in [1.807, 2.05) is 0 Å². The molecule has 0 saturated carbocycles. The fraction of sp³-hybridized carbons (Fsp3) is 0.538. The lowest BCUT2D eigenvalue weighted by Gasteiger charge is -2.27. The van der Waals surface area contributed by atoms with Crippen molar-refractivity contribution in [2.75, 3.05) is 7.11 Å². The zero-order valence-electron chi connectivity index (χ0n) is 9.56. The largest absolute Gasteiger partial charge is 0.495 e. The molecule has 1 aliphatic rings. The number of rotatable bonds is 1. The van der Waals surface area contributed by atoms with Crippen molar-refractivity contribution in [2.45, 2.75) is 39.0 Å². The average molecular weight is 269 g/mol. The fourth-order valence-corrected chi connectivity index (χ4v) is 3.47. The summed E-state index contributed by atoms with van der Waals surface area (Å²) in [5, 5.41) is 0. The van der Waals surface area contributed by atoms with Crippen LogP contribution in [0.3, 0.4) is 0 Å². The van der Waals surface area contributed by atoms with Crippen LogP contribution in [-0.4, -0.2) is 7.11 Å². The summed E-state index contributed by atoms with van der Waals surface area (Å²) in [5.74, 6) is 1.72. The second-order valence-electron chi connectivity index (χ2n) is 4.39. The predicted molar refractivity (Wildman–Crippen MR) is 66.8 cm³/mol. The van der Waals surface area contributed by atoms with Crippen molar-refractivity contribution in [3.8, 4) is 5.75 Å². The standard InChI is InChI=1S/C13H17BrO/c1-8-5-4-6-10-12(8)9(2)7-11(14)13(10)15-3/h7-8H,4-6H2,1-3H3. The number of aryl methyl sites for hydroxylation is 1. The predicted octanol–water partition coefficient (Wildman–Crippen LogP) is 4.21. The van der Waals surface area contributed by atoms with E-state index in [9.17, 15) is 0 Å². The van der Waals surface area contributed by atoms with E-state index in [0.29, 0.717) is 5.92 Å². The summed E-state index contributed by atoms with van der Waals surface area (Å²) in [6, 6.07) is 2.18. The summed E-state index contributed by atoms with van der Waals surface area (Å²) in [7, 11) is 1.76. The van der Waals surface area contributed by atoms with E-state index in [4.69, 9.17) is 4.74 Å². The van der Waals surface area contributed by atoms with Crippen molar-refractivity contribution in [3.63, 3.8) is 0 Å². The van der Waals surface area contributed by atoms with Gasteiger partial charge in [0.2, 0.25) is 0 Å². The third kappa shape index (κ3) is 1.80. The van der Waals surface area contributed by atoms with Crippen molar-refractivity contribution in [1.29, 1.82) is 0 Å². The maximum atomic E-state index is 5.50. The van der Waals surface area contributed by atoms with E-state index >= 15 is 0 Å². The number of ether oxygens (including phenoxy) is 1. The number of methoxy groups -OCH3 is 1. The molecule has 0 aliphatic heterocycles. The first kappa shape index (κ1) is 11.0. The van der Waals surface area contributed by atoms with Crippen LogP contribution in [0.4, 0.5) is 0 Å². The smallest absolute Gasteiger partial charge is 0.136 e. The molecule has 0 amide bonds. The van der Waals surface area contributed by atoms with E-state index in [-0.39, 0.29) is 0 Å². The minimum absolute atomic E-state index is 0.677. The molecule has 1 atom stereocenters. The Morgan fingerprint density at radius 2 is 2.20 bits per heavy atom. The van der Waals surface area contributed by atoms with Crippen molar-refractivity contribution in [2.24, 2.45) is 0 Å². The molecule has 1 aromatic rings. The van der Waals surface area contributed by atoms with E-state index < -0.39 is 0 Å². The molecule has 0 heterocycles. The summed E-state index contributed by atoms with van der Waals surface area (Å²) in [4.78, 5) is 0. The van der Waals surface area contributed by atoms with Gasteiger partial charge in [0.25, 0.3) is 0 Å². The third-order valence-electron chi connectivity index (χ3n) is 3.35. The number of hydrogen-bond acceptors (Lipinski definition) is 1. The molecule has 0 saturated heterocycles. The Labute approximate surface area is 100.0 Å². The minimum Gasteiger partial charge on any atom is -0.495 e. The van der Waals surface area contributed by atoms with Crippen molar-refractivity contribution >= 4 is 15.9 Å². The lowest BCUT2D eigenvalue weighted by Crippen LogP contribution is -2.11. The molecule has 1 nitrogen and oxygen atoms in total. The van der Waals surface area contributed by atoms with Crippen LogP contribution in [0.5, 0.6) is 5.75 Å². The molecule has 1 aliphatic carbocycles. The number of hydrogen-bond donors (Lipinski definition) is 0.